The summed E-state index contributed by atoms with van der Waals surface area (Å²) >= 11 is 0. The van der Waals surface area contributed by atoms with Gasteiger partial charge in [0.15, 0.2) is 0 Å². The zero-order chi connectivity index (χ0) is 22.8. The molecule has 0 bridgehead atoms. The highest BCUT2D eigenvalue weighted by Crippen LogP contribution is 2.20. The van der Waals surface area contributed by atoms with Crippen LogP contribution in [0.3, 0.4) is 0 Å². The third kappa shape index (κ3) is 9.31. The summed E-state index contributed by atoms with van der Waals surface area (Å²) in [5, 5.41) is 42.4. The number of aliphatic hydroxyl groups excluding tert-OH is 4. The van der Waals surface area contributed by atoms with Gasteiger partial charge in [-0.25, -0.2) is 0 Å². The van der Waals surface area contributed by atoms with Gasteiger partial charge in [-0.05, 0) is 0 Å². The lowest BCUT2D eigenvalue weighted by Crippen LogP contribution is -2.46. The van der Waals surface area contributed by atoms with E-state index in [4.69, 9.17) is 10.2 Å². The molecule has 0 rings (SSSR count). The van der Waals surface area contributed by atoms with Crippen LogP contribution in [0.25, 0.3) is 0 Å². The highest BCUT2D eigenvalue weighted by atomic mass is 16.6. The smallest absolute Gasteiger partial charge is 0.315 e. The lowest BCUT2D eigenvalue weighted by molar-refractivity contribution is -0.159. The number of carbonyl (C=O) groups is 4. The first-order valence-corrected chi connectivity index (χ1v) is 9.15. The van der Waals surface area contributed by atoms with E-state index in [0.29, 0.717) is 0 Å². The lowest BCUT2D eigenvalue weighted by atomic mass is 9.87. The van der Waals surface area contributed by atoms with Crippen molar-refractivity contribution in [3.05, 3.63) is 0 Å². The van der Waals surface area contributed by atoms with Gasteiger partial charge in [-0.15, -0.1) is 0 Å². The molecule has 0 radical (unpaired) electrons. The number of hydrogen-bond acceptors (Lipinski definition) is 9. The maximum Gasteiger partial charge on any atom is 0.315 e. The molecule has 0 aliphatic carbocycles. The molecule has 0 aromatic carbocycles. The molecule has 0 aliphatic heterocycles. The topological polar surface area (TPSA) is 182 Å². The van der Waals surface area contributed by atoms with Crippen LogP contribution in [-0.2, 0) is 23.9 Å². The van der Waals surface area contributed by atoms with Gasteiger partial charge in [0.2, 0.25) is 11.8 Å². The molecule has 168 valence electrons. The molecule has 0 saturated heterocycles. The van der Waals surface area contributed by atoms with Gasteiger partial charge in [-0.2, -0.15) is 0 Å². The summed E-state index contributed by atoms with van der Waals surface area (Å²) in [6, 6.07) is 0. The highest BCUT2D eigenvalue weighted by molar-refractivity contribution is 5.87. The van der Waals surface area contributed by atoms with E-state index < -0.39 is 60.0 Å². The van der Waals surface area contributed by atoms with Crippen molar-refractivity contribution in [2.75, 3.05) is 26.3 Å². The van der Waals surface area contributed by atoms with Crippen molar-refractivity contribution < 1.29 is 44.3 Å². The van der Waals surface area contributed by atoms with Crippen molar-refractivity contribution in [1.82, 2.24) is 10.6 Å². The first-order chi connectivity index (χ1) is 13.3. The average molecular weight is 420 g/mol. The Morgan fingerprint density at radius 1 is 0.759 bits per heavy atom. The van der Waals surface area contributed by atoms with Crippen molar-refractivity contribution in [1.29, 1.82) is 0 Å². The Morgan fingerprint density at radius 3 is 1.34 bits per heavy atom. The van der Waals surface area contributed by atoms with Crippen molar-refractivity contribution in [3.63, 3.8) is 0 Å². The molecule has 0 aromatic heterocycles. The Labute approximate surface area is 169 Å². The van der Waals surface area contributed by atoms with Gasteiger partial charge in [-0.1, -0.05) is 27.7 Å². The molecule has 0 fully saturated rings. The third-order valence-electron chi connectivity index (χ3n) is 4.28. The predicted molar refractivity (Wildman–Crippen MR) is 100 cm³/mol. The maximum atomic E-state index is 11.7. The Bertz CT molecular complexity index is 540. The predicted octanol–water partition coefficient (Wildman–Crippen LogP) is -2.17. The monoisotopic (exact) mass is 420 g/mol. The van der Waals surface area contributed by atoms with Gasteiger partial charge >= 0.3 is 11.9 Å². The molecule has 0 aromatic rings. The Hall–Kier alpha value is -2.08. The number of esters is 2. The fourth-order valence-electron chi connectivity index (χ4n) is 1.88. The normalized spacial score (nSPS) is 13.9. The summed E-state index contributed by atoms with van der Waals surface area (Å²) in [5.41, 5.74) is -2.10. The Balaban J connectivity index is 4.17. The Morgan fingerprint density at radius 2 is 1.07 bits per heavy atom. The first-order valence-electron chi connectivity index (χ1n) is 9.15. The number of carbonyl (C=O) groups excluding carboxylic acids is 4. The summed E-state index contributed by atoms with van der Waals surface area (Å²) < 4.78 is 4.53. The van der Waals surface area contributed by atoms with E-state index in [9.17, 15) is 29.4 Å². The quantitative estimate of drug-likeness (QED) is 0.151. The fraction of sp³-hybridized carbons (Fsp3) is 0.778. The van der Waals surface area contributed by atoms with E-state index in [1.165, 1.54) is 27.7 Å². The van der Waals surface area contributed by atoms with Crippen molar-refractivity contribution in [2.45, 2.75) is 52.7 Å². The SMILES string of the molecule is CC(C)(CO)[C@H](O)C(=O)NCCC(=O)OC(=O)CCNC(=O)[C@@H](O)C(C)(C)CO. The molecule has 29 heavy (non-hydrogen) atoms. The zero-order valence-corrected chi connectivity index (χ0v) is 17.2. The molecule has 11 heteroatoms. The molecule has 0 saturated carbocycles. The number of rotatable bonds is 12. The van der Waals surface area contributed by atoms with Crippen molar-refractivity contribution >= 4 is 23.8 Å². The molecule has 0 unspecified atom stereocenters. The zero-order valence-electron chi connectivity index (χ0n) is 17.2. The molecule has 6 N–H and O–H groups in total. The molecule has 2 amide bonds. The number of aliphatic hydroxyl groups is 4. The first kappa shape index (κ1) is 26.9. The second-order valence-corrected chi connectivity index (χ2v) is 8.03. The molecule has 0 aliphatic rings. The molecular formula is C18H32N2O9. The van der Waals surface area contributed by atoms with E-state index in [-0.39, 0.29) is 25.9 Å². The minimum Gasteiger partial charge on any atom is -0.396 e. The molecule has 2 atom stereocenters. The van der Waals surface area contributed by atoms with Crippen LogP contribution in [0, 0.1) is 10.8 Å². The van der Waals surface area contributed by atoms with Crippen LogP contribution >= 0.6 is 0 Å². The van der Waals surface area contributed by atoms with Gasteiger partial charge in [0, 0.05) is 23.9 Å². The van der Waals surface area contributed by atoms with Crippen LogP contribution < -0.4 is 10.6 Å². The van der Waals surface area contributed by atoms with Gasteiger partial charge in [0.1, 0.15) is 12.2 Å². The van der Waals surface area contributed by atoms with Crippen LogP contribution in [0.2, 0.25) is 0 Å². The second kappa shape index (κ2) is 11.8. The molecule has 11 nitrogen and oxygen atoms in total. The Kier molecular flexibility index (Phi) is 11.0. The van der Waals surface area contributed by atoms with E-state index in [1.54, 1.807) is 0 Å². The summed E-state index contributed by atoms with van der Waals surface area (Å²) in [5.74, 6) is -3.34. The van der Waals surface area contributed by atoms with Crippen LogP contribution in [0.1, 0.15) is 40.5 Å². The number of nitrogens with one attached hydrogen (secondary N) is 2. The number of ether oxygens (including phenoxy) is 1. The van der Waals surface area contributed by atoms with Gasteiger partial charge in [-0.3, -0.25) is 19.2 Å². The summed E-state index contributed by atoms with van der Waals surface area (Å²) in [7, 11) is 0. The van der Waals surface area contributed by atoms with E-state index in [2.05, 4.69) is 15.4 Å². The van der Waals surface area contributed by atoms with Crippen LogP contribution in [0.5, 0.6) is 0 Å². The third-order valence-corrected chi connectivity index (χ3v) is 4.28. The maximum absolute atomic E-state index is 11.7. The largest absolute Gasteiger partial charge is 0.396 e. The van der Waals surface area contributed by atoms with E-state index in [1.807, 2.05) is 0 Å². The minimum absolute atomic E-state index is 0.178. The minimum atomic E-state index is -1.47. The average Bonchev–Trinajstić information content (AvgIpc) is 2.66. The second-order valence-electron chi connectivity index (χ2n) is 8.03. The number of hydrogen-bond donors (Lipinski definition) is 6. The molecule has 0 heterocycles. The van der Waals surface area contributed by atoms with Gasteiger partial charge in [0.05, 0.1) is 26.1 Å². The highest BCUT2D eigenvalue weighted by Gasteiger charge is 2.33. The molecular weight excluding hydrogens is 388 g/mol. The molecule has 0 spiro atoms. The summed E-state index contributed by atoms with van der Waals surface area (Å²) in [6.45, 7) is 4.79. The lowest BCUT2D eigenvalue weighted by Gasteiger charge is -2.27. The van der Waals surface area contributed by atoms with Crippen LogP contribution in [0.15, 0.2) is 0 Å². The standard InChI is InChI=1S/C18H32N2O9/c1-17(2,9-21)13(25)15(27)19-7-5-11(23)29-12(24)6-8-20-16(28)14(26)18(3,4)10-22/h13-14,21-22,25-26H,5-10H2,1-4H3,(H,19,27)(H,20,28)/t13-,14-/m1/s1. The number of amides is 2. The van der Waals surface area contributed by atoms with Gasteiger partial charge in [0.25, 0.3) is 0 Å². The van der Waals surface area contributed by atoms with Crippen LogP contribution in [-0.4, -0.2) is 82.7 Å². The van der Waals surface area contributed by atoms with Crippen molar-refractivity contribution in [2.24, 2.45) is 10.8 Å². The summed E-state index contributed by atoms with van der Waals surface area (Å²) in [6.07, 6.45) is -3.58. The van der Waals surface area contributed by atoms with Gasteiger partial charge < -0.3 is 35.8 Å². The fourth-order valence-corrected chi connectivity index (χ4v) is 1.88. The van der Waals surface area contributed by atoms with E-state index in [0.717, 1.165) is 0 Å². The van der Waals surface area contributed by atoms with E-state index >= 15 is 0 Å². The van der Waals surface area contributed by atoms with Crippen molar-refractivity contribution in [3.8, 4) is 0 Å². The summed E-state index contributed by atoms with van der Waals surface area (Å²) in [4.78, 5) is 46.6. The van der Waals surface area contributed by atoms with Crippen LogP contribution in [0.4, 0.5) is 0 Å².